The summed E-state index contributed by atoms with van der Waals surface area (Å²) in [6.45, 7) is 1.98. The Morgan fingerprint density at radius 3 is 2.68 bits per heavy atom. The number of nitrogens with zero attached hydrogens (tertiary/aromatic N) is 5. The van der Waals surface area contributed by atoms with Crippen LogP contribution in [0.4, 0.5) is 5.82 Å². The molecule has 134 valence electrons. The van der Waals surface area contributed by atoms with Gasteiger partial charge >= 0.3 is 0 Å². The molecule has 0 radical (unpaired) electrons. The van der Waals surface area contributed by atoms with Gasteiger partial charge in [-0.25, -0.2) is 0 Å². The van der Waals surface area contributed by atoms with Crippen LogP contribution in [-0.2, 0) is 23.7 Å². The Morgan fingerprint density at radius 2 is 2.08 bits per heavy atom. The quantitative estimate of drug-likeness (QED) is 0.793. The van der Waals surface area contributed by atoms with Gasteiger partial charge in [-0.3, -0.25) is 19.0 Å². The minimum Gasteiger partial charge on any atom is -0.336 e. The summed E-state index contributed by atoms with van der Waals surface area (Å²) in [5.41, 5.74) is 1.78. The van der Waals surface area contributed by atoms with E-state index in [0.29, 0.717) is 12.2 Å². The molecule has 9 heteroatoms. The highest BCUT2D eigenvalue weighted by molar-refractivity contribution is 5.91. The van der Waals surface area contributed by atoms with Crippen molar-refractivity contribution in [3.05, 3.63) is 29.7 Å². The summed E-state index contributed by atoms with van der Waals surface area (Å²) in [4.78, 5) is 26.1. The van der Waals surface area contributed by atoms with Crippen LogP contribution in [0, 0.1) is 6.92 Å². The molecule has 3 rings (SSSR count). The maximum atomic E-state index is 12.2. The van der Waals surface area contributed by atoms with Crippen molar-refractivity contribution in [3.63, 3.8) is 0 Å². The number of hydrogen-bond acceptors (Lipinski definition) is 5. The lowest BCUT2D eigenvalue weighted by Crippen LogP contribution is -2.40. The SMILES string of the molecule is Cc1cc(NC(=O)CN[C@@H]2CC(=O)N(C)[C@H]2c2ccnn2C)n(C)n1. The fourth-order valence-corrected chi connectivity index (χ4v) is 3.27. The molecule has 1 saturated heterocycles. The van der Waals surface area contributed by atoms with Crippen LogP contribution in [0.25, 0.3) is 0 Å². The number of carbonyl (C=O) groups is 2. The Morgan fingerprint density at radius 1 is 1.32 bits per heavy atom. The lowest BCUT2D eigenvalue weighted by molar-refractivity contribution is -0.127. The van der Waals surface area contributed by atoms with Gasteiger partial charge in [-0.2, -0.15) is 10.2 Å². The molecule has 2 atom stereocenters. The molecular formula is C16H23N7O2. The molecule has 0 bridgehead atoms. The average molecular weight is 345 g/mol. The monoisotopic (exact) mass is 345 g/mol. The van der Waals surface area contributed by atoms with Gasteiger partial charge in [-0.15, -0.1) is 0 Å². The molecule has 9 nitrogen and oxygen atoms in total. The largest absolute Gasteiger partial charge is 0.336 e. The fraction of sp³-hybridized carbons (Fsp3) is 0.500. The third-order valence-corrected chi connectivity index (χ3v) is 4.54. The highest BCUT2D eigenvalue weighted by Gasteiger charge is 2.39. The molecule has 0 saturated carbocycles. The number of carbonyl (C=O) groups excluding carboxylic acids is 2. The second-order valence-corrected chi connectivity index (χ2v) is 6.36. The standard InChI is InChI=1S/C16H23N7O2/c1-10-7-13(23(4)20-10)19-14(24)9-17-11-8-15(25)21(2)16(11)12-5-6-18-22(12)3/h5-7,11,16-17H,8-9H2,1-4H3,(H,19,24)/t11-,16-/m1/s1. The van der Waals surface area contributed by atoms with Crippen molar-refractivity contribution in [2.24, 2.45) is 14.1 Å². The normalized spacial score (nSPS) is 20.3. The molecule has 1 aliphatic heterocycles. The molecule has 25 heavy (non-hydrogen) atoms. The molecule has 0 unspecified atom stereocenters. The molecule has 2 aromatic rings. The van der Waals surface area contributed by atoms with Crippen LogP contribution in [0.15, 0.2) is 18.3 Å². The van der Waals surface area contributed by atoms with Crippen LogP contribution in [0.3, 0.4) is 0 Å². The van der Waals surface area contributed by atoms with Crippen molar-refractivity contribution in [2.45, 2.75) is 25.4 Å². The number of likely N-dealkylation sites (tertiary alicyclic amines) is 1. The summed E-state index contributed by atoms with van der Waals surface area (Å²) in [6.07, 6.45) is 2.06. The number of hydrogen-bond donors (Lipinski definition) is 2. The number of rotatable bonds is 5. The summed E-state index contributed by atoms with van der Waals surface area (Å²) in [5.74, 6) is 0.521. The molecule has 2 amide bonds. The Balaban J connectivity index is 1.65. The Labute approximate surface area is 146 Å². The van der Waals surface area contributed by atoms with Gasteiger partial charge in [0.25, 0.3) is 0 Å². The number of amides is 2. The van der Waals surface area contributed by atoms with Gasteiger partial charge < -0.3 is 15.5 Å². The minimum atomic E-state index is -0.172. The van der Waals surface area contributed by atoms with Crippen molar-refractivity contribution in [1.82, 2.24) is 29.8 Å². The van der Waals surface area contributed by atoms with Crippen LogP contribution >= 0.6 is 0 Å². The van der Waals surface area contributed by atoms with E-state index in [1.807, 2.05) is 26.1 Å². The van der Waals surface area contributed by atoms with Crippen LogP contribution in [0.1, 0.15) is 23.9 Å². The van der Waals surface area contributed by atoms with Gasteiger partial charge in [0.05, 0.1) is 24.0 Å². The number of likely N-dealkylation sites (N-methyl/N-ethyl adjacent to an activating group) is 1. The second kappa shape index (κ2) is 6.67. The van der Waals surface area contributed by atoms with Crippen molar-refractivity contribution in [2.75, 3.05) is 18.9 Å². The van der Waals surface area contributed by atoms with E-state index in [4.69, 9.17) is 0 Å². The van der Waals surface area contributed by atoms with Gasteiger partial charge in [0.1, 0.15) is 5.82 Å². The smallest absolute Gasteiger partial charge is 0.239 e. The highest BCUT2D eigenvalue weighted by Crippen LogP contribution is 2.31. The van der Waals surface area contributed by atoms with Crippen molar-refractivity contribution >= 4 is 17.6 Å². The van der Waals surface area contributed by atoms with Gasteiger partial charge in [-0.1, -0.05) is 0 Å². The first-order valence-corrected chi connectivity index (χ1v) is 8.14. The first-order chi connectivity index (χ1) is 11.9. The third-order valence-electron chi connectivity index (χ3n) is 4.54. The van der Waals surface area contributed by atoms with Crippen molar-refractivity contribution < 1.29 is 9.59 Å². The lowest BCUT2D eigenvalue weighted by Gasteiger charge is -2.25. The van der Waals surface area contributed by atoms with Gasteiger partial charge in [0, 0.05) is 45.9 Å². The van der Waals surface area contributed by atoms with Gasteiger partial charge in [-0.05, 0) is 13.0 Å². The van der Waals surface area contributed by atoms with E-state index in [2.05, 4.69) is 20.8 Å². The zero-order chi connectivity index (χ0) is 18.1. The molecule has 2 N–H and O–H groups in total. The molecule has 1 aliphatic rings. The van der Waals surface area contributed by atoms with Crippen molar-refractivity contribution in [1.29, 1.82) is 0 Å². The number of aromatic nitrogens is 4. The zero-order valence-electron chi connectivity index (χ0n) is 14.9. The summed E-state index contributed by atoms with van der Waals surface area (Å²) < 4.78 is 3.38. The van der Waals surface area contributed by atoms with E-state index in [9.17, 15) is 9.59 Å². The first-order valence-electron chi connectivity index (χ1n) is 8.14. The zero-order valence-corrected chi connectivity index (χ0v) is 14.9. The van der Waals surface area contributed by atoms with Crippen LogP contribution in [0.5, 0.6) is 0 Å². The van der Waals surface area contributed by atoms with Crippen LogP contribution in [0.2, 0.25) is 0 Å². The van der Waals surface area contributed by atoms with Gasteiger partial charge in [0.15, 0.2) is 0 Å². The predicted octanol–water partition coefficient (Wildman–Crippen LogP) is -0.0379. The van der Waals surface area contributed by atoms with Crippen LogP contribution < -0.4 is 10.6 Å². The van der Waals surface area contributed by atoms with E-state index >= 15 is 0 Å². The highest BCUT2D eigenvalue weighted by atomic mass is 16.2. The van der Waals surface area contributed by atoms with E-state index in [1.165, 1.54) is 0 Å². The maximum Gasteiger partial charge on any atom is 0.239 e. The first kappa shape index (κ1) is 17.2. The molecule has 0 aliphatic carbocycles. The minimum absolute atomic E-state index is 0.0476. The van der Waals surface area contributed by atoms with Crippen molar-refractivity contribution in [3.8, 4) is 0 Å². The molecular weight excluding hydrogens is 322 g/mol. The predicted molar refractivity (Wildman–Crippen MR) is 91.7 cm³/mol. The topological polar surface area (TPSA) is 97.1 Å². The molecule has 2 aromatic heterocycles. The van der Waals surface area contributed by atoms with E-state index in [-0.39, 0.29) is 30.4 Å². The number of nitrogens with one attached hydrogen (secondary N) is 2. The molecule has 3 heterocycles. The van der Waals surface area contributed by atoms with E-state index in [1.54, 1.807) is 34.6 Å². The molecule has 0 aromatic carbocycles. The number of anilines is 1. The average Bonchev–Trinajstić information content (AvgIpc) is 3.17. The van der Waals surface area contributed by atoms with Crippen LogP contribution in [-0.4, -0.2) is 55.9 Å². The third kappa shape index (κ3) is 3.41. The maximum absolute atomic E-state index is 12.2. The number of aryl methyl sites for hydroxylation is 3. The molecule has 0 spiro atoms. The Kier molecular flexibility index (Phi) is 4.58. The van der Waals surface area contributed by atoms with E-state index < -0.39 is 0 Å². The summed E-state index contributed by atoms with van der Waals surface area (Å²) in [5, 5.41) is 14.4. The fourth-order valence-electron chi connectivity index (χ4n) is 3.27. The van der Waals surface area contributed by atoms with Gasteiger partial charge in [0.2, 0.25) is 11.8 Å². The summed E-state index contributed by atoms with van der Waals surface area (Å²) >= 11 is 0. The Hall–Kier alpha value is -2.68. The summed E-state index contributed by atoms with van der Waals surface area (Å²) in [6, 6.07) is 3.41. The second-order valence-electron chi connectivity index (χ2n) is 6.36. The van der Waals surface area contributed by atoms with E-state index in [0.717, 1.165) is 11.4 Å². The lowest BCUT2D eigenvalue weighted by atomic mass is 10.1. The summed E-state index contributed by atoms with van der Waals surface area (Å²) in [7, 11) is 5.40. The Bertz CT molecular complexity index is 794. The molecule has 1 fully saturated rings.